The van der Waals surface area contributed by atoms with E-state index in [1.807, 2.05) is 0 Å². The van der Waals surface area contributed by atoms with Crippen LogP contribution < -0.4 is 0 Å². The maximum atomic E-state index is 12.7. The molecule has 0 aromatic carbocycles. The minimum Gasteiger partial charge on any atom is -0.462 e. The second-order valence-electron chi connectivity index (χ2n) is 16.7. The first kappa shape index (κ1) is 56.4. The number of allylic oxidation sites excluding steroid dienone is 8. The Balaban J connectivity index is 4.44. The highest BCUT2D eigenvalue weighted by atomic mass is 16.6. The van der Waals surface area contributed by atoms with Gasteiger partial charge in [-0.3, -0.25) is 14.4 Å². The van der Waals surface area contributed by atoms with Gasteiger partial charge in [0, 0.05) is 19.3 Å². The third kappa shape index (κ3) is 46.3. The zero-order valence-electron chi connectivity index (χ0n) is 39.0. The van der Waals surface area contributed by atoms with Gasteiger partial charge in [0.05, 0.1) is 0 Å². The zero-order valence-corrected chi connectivity index (χ0v) is 39.0. The van der Waals surface area contributed by atoms with E-state index >= 15 is 0 Å². The van der Waals surface area contributed by atoms with E-state index in [1.54, 1.807) is 0 Å². The number of ether oxygens (including phenoxy) is 3. The van der Waals surface area contributed by atoms with Crippen LogP contribution in [-0.4, -0.2) is 37.2 Å². The second kappa shape index (κ2) is 48.0. The van der Waals surface area contributed by atoms with Gasteiger partial charge in [0.1, 0.15) is 13.2 Å². The molecule has 0 N–H and O–H groups in total. The first-order valence-electron chi connectivity index (χ1n) is 25.1. The summed E-state index contributed by atoms with van der Waals surface area (Å²) in [5.74, 6) is -0.950. The summed E-state index contributed by atoms with van der Waals surface area (Å²) in [6, 6.07) is 0. The molecule has 0 amide bonds. The lowest BCUT2D eigenvalue weighted by molar-refractivity contribution is -0.167. The Labute approximate surface area is 365 Å². The minimum atomic E-state index is -0.793. The van der Waals surface area contributed by atoms with Gasteiger partial charge in [-0.05, 0) is 77.0 Å². The topological polar surface area (TPSA) is 78.9 Å². The van der Waals surface area contributed by atoms with Crippen molar-refractivity contribution < 1.29 is 28.6 Å². The summed E-state index contributed by atoms with van der Waals surface area (Å²) >= 11 is 0. The molecule has 59 heavy (non-hydrogen) atoms. The Kier molecular flexibility index (Phi) is 45.9. The number of carbonyl (C=O) groups excluding carboxylic acids is 3. The summed E-state index contributed by atoms with van der Waals surface area (Å²) in [7, 11) is 0. The molecule has 0 saturated carbocycles. The lowest BCUT2D eigenvalue weighted by Crippen LogP contribution is -2.30. The number of rotatable bonds is 45. The Morgan fingerprint density at radius 2 is 0.627 bits per heavy atom. The number of hydrogen-bond donors (Lipinski definition) is 0. The molecule has 0 aliphatic rings. The molecular weight excluding hydrogens is 733 g/mol. The van der Waals surface area contributed by atoms with Crippen LogP contribution in [0.5, 0.6) is 0 Å². The van der Waals surface area contributed by atoms with Crippen molar-refractivity contribution in [2.45, 2.75) is 258 Å². The molecule has 0 aromatic rings. The van der Waals surface area contributed by atoms with E-state index in [-0.39, 0.29) is 37.5 Å². The number of unbranched alkanes of at least 4 members (excludes halogenated alkanes) is 26. The van der Waals surface area contributed by atoms with Crippen molar-refractivity contribution in [2.75, 3.05) is 13.2 Å². The molecule has 0 saturated heterocycles. The summed E-state index contributed by atoms with van der Waals surface area (Å²) in [6.45, 7) is 6.56. The predicted octanol–water partition coefficient (Wildman–Crippen LogP) is 16.3. The van der Waals surface area contributed by atoms with Gasteiger partial charge in [0.25, 0.3) is 0 Å². The molecule has 0 bridgehead atoms. The van der Waals surface area contributed by atoms with Crippen LogP contribution in [0.3, 0.4) is 0 Å². The molecular formula is C53H94O6. The van der Waals surface area contributed by atoms with Gasteiger partial charge < -0.3 is 14.2 Å². The van der Waals surface area contributed by atoms with Crippen molar-refractivity contribution in [3.8, 4) is 0 Å². The first-order chi connectivity index (χ1) is 29.0. The van der Waals surface area contributed by atoms with Gasteiger partial charge >= 0.3 is 17.9 Å². The molecule has 6 nitrogen and oxygen atoms in total. The average molecular weight is 827 g/mol. The van der Waals surface area contributed by atoms with Crippen molar-refractivity contribution in [2.24, 2.45) is 0 Å². The fourth-order valence-corrected chi connectivity index (χ4v) is 6.98. The van der Waals surface area contributed by atoms with Crippen LogP contribution in [0, 0.1) is 0 Å². The Hall–Kier alpha value is -2.63. The lowest BCUT2D eigenvalue weighted by Gasteiger charge is -2.18. The third-order valence-electron chi connectivity index (χ3n) is 10.8. The van der Waals surface area contributed by atoms with Crippen molar-refractivity contribution in [1.29, 1.82) is 0 Å². The molecule has 0 aliphatic heterocycles. The maximum absolute atomic E-state index is 12.7. The van der Waals surface area contributed by atoms with Crippen LogP contribution in [0.4, 0.5) is 0 Å². The summed E-state index contributed by atoms with van der Waals surface area (Å²) in [4.78, 5) is 37.8. The lowest BCUT2D eigenvalue weighted by atomic mass is 10.1. The van der Waals surface area contributed by atoms with Gasteiger partial charge in [0.15, 0.2) is 6.10 Å². The standard InChI is InChI=1S/C53H94O6/c1-4-7-10-13-16-19-22-24-25-26-27-29-31-34-37-40-43-46-52(55)58-49-50(48-57-51(54)45-42-39-36-33-30-21-18-15-12-9-6-3)59-53(56)47-44-41-38-35-32-28-23-20-17-14-11-8-5-2/h20,23-25,27,29,34,37,50H,4-19,21-22,26,28,30-33,35-36,38-49H2,1-3H3/b23-20-,25-24-,29-27-,37-34-/t50-/m0/s1. The van der Waals surface area contributed by atoms with E-state index in [0.29, 0.717) is 19.3 Å². The van der Waals surface area contributed by atoms with E-state index in [4.69, 9.17) is 14.2 Å². The Morgan fingerprint density at radius 1 is 0.339 bits per heavy atom. The average Bonchev–Trinajstić information content (AvgIpc) is 3.23. The van der Waals surface area contributed by atoms with Gasteiger partial charge in [-0.1, -0.05) is 204 Å². The summed E-state index contributed by atoms with van der Waals surface area (Å²) < 4.78 is 16.7. The minimum absolute atomic E-state index is 0.0901. The quantitative estimate of drug-likeness (QED) is 0.0263. The van der Waals surface area contributed by atoms with Gasteiger partial charge in [-0.15, -0.1) is 0 Å². The van der Waals surface area contributed by atoms with E-state index < -0.39 is 6.10 Å². The molecule has 0 unspecified atom stereocenters. The molecule has 342 valence electrons. The highest BCUT2D eigenvalue weighted by molar-refractivity contribution is 5.71. The second-order valence-corrected chi connectivity index (χ2v) is 16.7. The molecule has 6 heteroatoms. The van der Waals surface area contributed by atoms with Crippen LogP contribution in [0.1, 0.15) is 252 Å². The first-order valence-corrected chi connectivity index (χ1v) is 25.1. The molecule has 0 aliphatic carbocycles. The molecule has 0 aromatic heterocycles. The summed E-state index contributed by atoms with van der Waals surface area (Å²) in [5.41, 5.74) is 0. The predicted molar refractivity (Wildman–Crippen MR) is 252 cm³/mol. The Morgan fingerprint density at radius 3 is 1.05 bits per heavy atom. The van der Waals surface area contributed by atoms with Crippen molar-refractivity contribution in [3.05, 3.63) is 48.6 Å². The fraction of sp³-hybridized carbons (Fsp3) is 0.792. The molecule has 0 fully saturated rings. The van der Waals surface area contributed by atoms with Crippen molar-refractivity contribution in [3.63, 3.8) is 0 Å². The molecule has 1 atom stereocenters. The van der Waals surface area contributed by atoms with Gasteiger partial charge in [-0.25, -0.2) is 0 Å². The van der Waals surface area contributed by atoms with Crippen LogP contribution in [0.2, 0.25) is 0 Å². The van der Waals surface area contributed by atoms with Crippen LogP contribution >= 0.6 is 0 Å². The van der Waals surface area contributed by atoms with Crippen LogP contribution in [0.15, 0.2) is 48.6 Å². The highest BCUT2D eigenvalue weighted by Gasteiger charge is 2.19. The molecule has 0 rings (SSSR count). The Bertz CT molecular complexity index is 1040. The monoisotopic (exact) mass is 827 g/mol. The summed E-state index contributed by atoms with van der Waals surface area (Å²) in [6.07, 6.45) is 56.7. The van der Waals surface area contributed by atoms with E-state index in [1.165, 1.54) is 135 Å². The van der Waals surface area contributed by atoms with E-state index in [9.17, 15) is 14.4 Å². The molecule has 0 radical (unpaired) electrons. The van der Waals surface area contributed by atoms with E-state index in [0.717, 1.165) is 70.6 Å². The SMILES string of the molecule is CCCCCC/C=C\CCCCCCCC(=O)O[C@H](COC(=O)CCC/C=C\C/C=C\C/C=C\CCCCCCCC)COC(=O)CCCCCCCCCCCCC. The zero-order chi connectivity index (χ0) is 43.0. The van der Waals surface area contributed by atoms with Crippen molar-refractivity contribution in [1.82, 2.24) is 0 Å². The van der Waals surface area contributed by atoms with E-state index in [2.05, 4.69) is 69.4 Å². The summed E-state index contributed by atoms with van der Waals surface area (Å²) in [5, 5.41) is 0. The maximum Gasteiger partial charge on any atom is 0.306 e. The highest BCUT2D eigenvalue weighted by Crippen LogP contribution is 2.14. The normalized spacial score (nSPS) is 12.4. The third-order valence-corrected chi connectivity index (χ3v) is 10.8. The molecule has 0 heterocycles. The molecule has 0 spiro atoms. The smallest absolute Gasteiger partial charge is 0.306 e. The number of esters is 3. The van der Waals surface area contributed by atoms with Crippen LogP contribution in [0.25, 0.3) is 0 Å². The van der Waals surface area contributed by atoms with Gasteiger partial charge in [-0.2, -0.15) is 0 Å². The van der Waals surface area contributed by atoms with Crippen molar-refractivity contribution >= 4 is 17.9 Å². The largest absolute Gasteiger partial charge is 0.462 e. The number of hydrogen-bond acceptors (Lipinski definition) is 6. The van der Waals surface area contributed by atoms with Gasteiger partial charge in [0.2, 0.25) is 0 Å². The number of carbonyl (C=O) groups is 3. The fourth-order valence-electron chi connectivity index (χ4n) is 6.98. The van der Waals surface area contributed by atoms with Crippen LogP contribution in [-0.2, 0) is 28.6 Å².